The lowest BCUT2D eigenvalue weighted by molar-refractivity contribution is -0.154. The second-order valence-electron chi connectivity index (χ2n) is 12.2. The number of phosphoric acid groups is 1. The van der Waals surface area contributed by atoms with Gasteiger partial charge in [-0.15, -0.1) is 0 Å². The topological polar surface area (TPSA) is 132 Å². The van der Waals surface area contributed by atoms with E-state index in [0.29, 0.717) is 13.0 Å². The number of rotatable bonds is 35. The van der Waals surface area contributed by atoms with Crippen molar-refractivity contribution in [2.45, 2.75) is 142 Å². The van der Waals surface area contributed by atoms with Crippen LogP contribution in [-0.4, -0.2) is 66.3 Å². The molecule has 3 atom stereocenters. The van der Waals surface area contributed by atoms with Crippen LogP contribution >= 0.6 is 7.82 Å². The molecule has 0 fully saturated rings. The van der Waals surface area contributed by atoms with Gasteiger partial charge in [0.15, 0.2) is 0 Å². The van der Waals surface area contributed by atoms with E-state index in [1.807, 2.05) is 12.2 Å². The molecule has 0 aliphatic heterocycles. The number of carbonyl (C=O) groups excluding carboxylic acids is 1. The van der Waals surface area contributed by atoms with Crippen LogP contribution in [0.4, 0.5) is 0 Å². The van der Waals surface area contributed by atoms with Crippen molar-refractivity contribution in [3.8, 4) is 0 Å². The van der Waals surface area contributed by atoms with Crippen molar-refractivity contribution in [2.24, 2.45) is 0 Å². The van der Waals surface area contributed by atoms with Crippen molar-refractivity contribution in [2.75, 3.05) is 33.0 Å². The molecule has 0 aromatic rings. The third-order valence-corrected chi connectivity index (χ3v) is 8.34. The van der Waals surface area contributed by atoms with Gasteiger partial charge in [-0.05, 0) is 70.6 Å². The Hall–Kier alpha value is -2.10. The molecule has 0 aliphatic rings. The molecule has 0 amide bonds. The van der Waals surface area contributed by atoms with Crippen molar-refractivity contribution in [3.63, 3.8) is 0 Å². The highest BCUT2D eigenvalue weighted by Crippen LogP contribution is 2.43. The first kappa shape index (κ1) is 47.9. The van der Waals surface area contributed by atoms with Gasteiger partial charge in [-0.3, -0.25) is 13.8 Å². The fraction of sp³-hybridized carbons (Fsp3) is 0.675. The number of ether oxygens (including phenoxy) is 2. The van der Waals surface area contributed by atoms with Gasteiger partial charge in [0, 0.05) is 13.0 Å². The Morgan fingerprint density at radius 2 is 1.14 bits per heavy atom. The molecular formula is C40H69O9P. The molecule has 0 radical (unpaired) electrons. The SMILES string of the molecule is CC/C=C\C/C=C\C/C=C\C/C=C\CCC(=O)OC(COCCCCCCCC/C=C\C/C=C\CCCCC)COP(=O)(O)OCC(O)CO. The van der Waals surface area contributed by atoms with E-state index in [4.69, 9.17) is 23.6 Å². The van der Waals surface area contributed by atoms with Crippen LogP contribution in [0.5, 0.6) is 0 Å². The number of phosphoric ester groups is 1. The standard InChI is InChI=1S/C40H69O9P/c1-3-5-7-9-11-13-15-17-18-19-21-23-25-27-29-31-33-46-36-39(37-48-50(44,45)47-35-38(42)34-41)49-40(43)32-30-28-26-24-22-20-16-14-12-10-8-6-4-2/h6,8,11-14,17-18,20,22,26,28,38-39,41-42H,3-5,7,9-10,15-16,19,21,23-25,27,29-37H2,1-2H3,(H,44,45)/b8-6-,13-11-,14-12-,18-17-,22-20-,28-26-. The van der Waals surface area contributed by atoms with Gasteiger partial charge in [0.2, 0.25) is 0 Å². The molecule has 0 rings (SSSR count). The third-order valence-electron chi connectivity index (χ3n) is 7.39. The molecule has 0 aromatic heterocycles. The molecule has 288 valence electrons. The second kappa shape index (κ2) is 36.7. The summed E-state index contributed by atoms with van der Waals surface area (Å²) in [6.45, 7) is 3.21. The first-order valence-electron chi connectivity index (χ1n) is 18.9. The van der Waals surface area contributed by atoms with Crippen LogP contribution in [0, 0.1) is 0 Å². The zero-order valence-corrected chi connectivity index (χ0v) is 32.0. The molecule has 0 saturated heterocycles. The number of hydrogen-bond donors (Lipinski definition) is 3. The van der Waals surface area contributed by atoms with Gasteiger partial charge in [0.1, 0.15) is 12.2 Å². The summed E-state index contributed by atoms with van der Waals surface area (Å²) >= 11 is 0. The highest BCUT2D eigenvalue weighted by molar-refractivity contribution is 7.47. The molecule has 0 bridgehead atoms. The van der Waals surface area contributed by atoms with Gasteiger partial charge in [-0.1, -0.05) is 125 Å². The quantitative estimate of drug-likeness (QED) is 0.0253. The zero-order chi connectivity index (χ0) is 36.8. The minimum Gasteiger partial charge on any atom is -0.457 e. The van der Waals surface area contributed by atoms with Crippen LogP contribution in [0.25, 0.3) is 0 Å². The van der Waals surface area contributed by atoms with Crippen LogP contribution in [0.15, 0.2) is 72.9 Å². The van der Waals surface area contributed by atoms with Crippen LogP contribution < -0.4 is 0 Å². The molecule has 0 spiro atoms. The number of hydrogen-bond acceptors (Lipinski definition) is 8. The number of esters is 1. The Morgan fingerprint density at radius 1 is 0.640 bits per heavy atom. The zero-order valence-electron chi connectivity index (χ0n) is 31.1. The fourth-order valence-electron chi connectivity index (χ4n) is 4.51. The molecule has 0 saturated carbocycles. The van der Waals surface area contributed by atoms with Gasteiger partial charge in [-0.2, -0.15) is 0 Å². The summed E-state index contributed by atoms with van der Waals surface area (Å²) in [5.74, 6) is -0.470. The average molecular weight is 725 g/mol. The smallest absolute Gasteiger partial charge is 0.457 e. The van der Waals surface area contributed by atoms with Crippen molar-refractivity contribution < 1.29 is 43.0 Å². The van der Waals surface area contributed by atoms with Crippen LogP contribution in [0.3, 0.4) is 0 Å². The summed E-state index contributed by atoms with van der Waals surface area (Å²) in [6.07, 6.45) is 41.6. The Kier molecular flexibility index (Phi) is 35.1. The lowest BCUT2D eigenvalue weighted by Crippen LogP contribution is -2.29. The molecule has 50 heavy (non-hydrogen) atoms. The minimum atomic E-state index is -4.54. The maximum absolute atomic E-state index is 12.5. The van der Waals surface area contributed by atoms with Crippen molar-refractivity contribution in [3.05, 3.63) is 72.9 Å². The summed E-state index contributed by atoms with van der Waals surface area (Å²) < 4.78 is 33.1. The lowest BCUT2D eigenvalue weighted by Gasteiger charge is -2.20. The van der Waals surface area contributed by atoms with Crippen LogP contribution in [-0.2, 0) is 27.9 Å². The van der Waals surface area contributed by atoms with Crippen LogP contribution in [0.1, 0.15) is 129 Å². The molecule has 0 aromatic carbocycles. The fourth-order valence-corrected chi connectivity index (χ4v) is 5.30. The summed E-state index contributed by atoms with van der Waals surface area (Å²) in [6, 6.07) is 0. The highest BCUT2D eigenvalue weighted by Gasteiger charge is 2.26. The average Bonchev–Trinajstić information content (AvgIpc) is 3.10. The van der Waals surface area contributed by atoms with E-state index >= 15 is 0 Å². The van der Waals surface area contributed by atoms with E-state index in [1.165, 1.54) is 44.9 Å². The Balaban J connectivity index is 4.37. The normalized spacial score (nSPS) is 15.1. The van der Waals surface area contributed by atoms with Gasteiger partial charge >= 0.3 is 13.8 Å². The molecule has 10 heteroatoms. The monoisotopic (exact) mass is 724 g/mol. The van der Waals surface area contributed by atoms with E-state index in [-0.39, 0.29) is 13.0 Å². The van der Waals surface area contributed by atoms with Gasteiger partial charge in [-0.25, -0.2) is 4.57 Å². The van der Waals surface area contributed by atoms with Crippen molar-refractivity contribution in [1.82, 2.24) is 0 Å². The highest BCUT2D eigenvalue weighted by atomic mass is 31.2. The molecule has 0 heterocycles. The number of carbonyl (C=O) groups is 1. The molecule has 3 N–H and O–H groups in total. The summed E-state index contributed by atoms with van der Waals surface area (Å²) in [4.78, 5) is 22.4. The van der Waals surface area contributed by atoms with Gasteiger partial charge in [0.25, 0.3) is 0 Å². The Morgan fingerprint density at radius 3 is 1.72 bits per heavy atom. The second-order valence-corrected chi connectivity index (χ2v) is 13.7. The number of allylic oxidation sites excluding steroid dienone is 12. The third kappa shape index (κ3) is 35.7. The minimum absolute atomic E-state index is 0.00917. The summed E-state index contributed by atoms with van der Waals surface area (Å²) in [5.41, 5.74) is 0. The Bertz CT molecular complexity index is 1000. The predicted octanol–water partition coefficient (Wildman–Crippen LogP) is 9.80. The first-order valence-corrected chi connectivity index (χ1v) is 20.4. The maximum atomic E-state index is 12.5. The van der Waals surface area contributed by atoms with E-state index in [1.54, 1.807) is 0 Å². The molecular weight excluding hydrogens is 655 g/mol. The van der Waals surface area contributed by atoms with E-state index in [2.05, 4.69) is 74.6 Å². The predicted molar refractivity (Wildman–Crippen MR) is 205 cm³/mol. The molecule has 3 unspecified atom stereocenters. The molecule has 0 aliphatic carbocycles. The van der Waals surface area contributed by atoms with Crippen molar-refractivity contribution in [1.29, 1.82) is 0 Å². The number of aliphatic hydroxyl groups is 2. The maximum Gasteiger partial charge on any atom is 0.472 e. The number of unbranched alkanes of at least 4 members (excludes halogenated alkanes) is 9. The molecule has 9 nitrogen and oxygen atoms in total. The van der Waals surface area contributed by atoms with Crippen molar-refractivity contribution >= 4 is 13.8 Å². The van der Waals surface area contributed by atoms with E-state index in [9.17, 15) is 19.4 Å². The number of aliphatic hydroxyl groups excluding tert-OH is 2. The van der Waals surface area contributed by atoms with Gasteiger partial charge < -0.3 is 24.6 Å². The van der Waals surface area contributed by atoms with Crippen LogP contribution in [0.2, 0.25) is 0 Å². The first-order chi connectivity index (χ1) is 24.3. The van der Waals surface area contributed by atoms with E-state index in [0.717, 1.165) is 57.8 Å². The van der Waals surface area contributed by atoms with E-state index < -0.39 is 45.8 Å². The lowest BCUT2D eigenvalue weighted by atomic mass is 10.1. The largest absolute Gasteiger partial charge is 0.472 e. The summed E-state index contributed by atoms with van der Waals surface area (Å²) in [5, 5.41) is 18.3. The summed E-state index contributed by atoms with van der Waals surface area (Å²) in [7, 11) is -4.54. The van der Waals surface area contributed by atoms with Gasteiger partial charge in [0.05, 0.1) is 26.4 Å². The Labute approximate surface area is 303 Å².